The summed E-state index contributed by atoms with van der Waals surface area (Å²) in [7, 11) is 0. The molecule has 2 heterocycles. The number of likely N-dealkylation sites (tertiary alicyclic amines) is 1. The molecule has 110 valence electrons. The third-order valence-electron chi connectivity index (χ3n) is 3.85. The van der Waals surface area contributed by atoms with Crippen LogP contribution >= 0.6 is 0 Å². The van der Waals surface area contributed by atoms with Gasteiger partial charge in [-0.1, -0.05) is 19.1 Å². The fourth-order valence-corrected chi connectivity index (χ4v) is 2.73. The molecule has 0 unspecified atom stereocenters. The van der Waals surface area contributed by atoms with Crippen LogP contribution < -0.4 is 4.74 Å². The van der Waals surface area contributed by atoms with Gasteiger partial charge in [0.15, 0.2) is 6.61 Å². The fraction of sp³-hybridized carbons (Fsp3) is 0.438. The van der Waals surface area contributed by atoms with E-state index in [1.807, 2.05) is 29.2 Å². The third kappa shape index (κ3) is 3.12. The molecule has 1 saturated heterocycles. The molecular weight excluding hydrogens is 266 g/mol. The first-order chi connectivity index (χ1) is 10.2. The molecule has 0 saturated carbocycles. The molecule has 0 N–H and O–H groups in total. The smallest absolute Gasteiger partial charge is 0.260 e. The van der Waals surface area contributed by atoms with Crippen LogP contribution in [0.25, 0.3) is 10.9 Å². The van der Waals surface area contributed by atoms with Gasteiger partial charge in [-0.05, 0) is 30.9 Å². The molecule has 5 nitrogen and oxygen atoms in total. The SMILES string of the molecule is C[C@@H]1CCCN(C(=O)COc2ncnc3ccccc23)C1. The Kier molecular flexibility index (Phi) is 3.99. The minimum atomic E-state index is 0.0317. The number of ether oxygens (including phenoxy) is 1. The molecule has 0 spiro atoms. The largest absolute Gasteiger partial charge is 0.467 e. The minimum absolute atomic E-state index is 0.0317. The molecule has 5 heteroatoms. The maximum atomic E-state index is 12.2. The average Bonchev–Trinajstić information content (AvgIpc) is 2.52. The van der Waals surface area contributed by atoms with Gasteiger partial charge in [0.1, 0.15) is 6.33 Å². The Morgan fingerprint density at radius 1 is 1.38 bits per heavy atom. The van der Waals surface area contributed by atoms with Gasteiger partial charge in [-0.15, -0.1) is 0 Å². The molecule has 0 bridgehead atoms. The van der Waals surface area contributed by atoms with Crippen molar-refractivity contribution in [1.82, 2.24) is 14.9 Å². The van der Waals surface area contributed by atoms with Crippen LogP contribution in [-0.4, -0.2) is 40.5 Å². The van der Waals surface area contributed by atoms with Gasteiger partial charge in [-0.3, -0.25) is 4.79 Å². The quantitative estimate of drug-likeness (QED) is 0.868. The number of carbonyl (C=O) groups is 1. The van der Waals surface area contributed by atoms with E-state index in [2.05, 4.69) is 16.9 Å². The minimum Gasteiger partial charge on any atom is -0.467 e. The molecular formula is C16H19N3O2. The molecule has 1 amide bonds. The van der Waals surface area contributed by atoms with Crippen molar-refractivity contribution in [3.8, 4) is 5.88 Å². The highest BCUT2D eigenvalue weighted by Gasteiger charge is 2.21. The van der Waals surface area contributed by atoms with Crippen molar-refractivity contribution in [3.05, 3.63) is 30.6 Å². The summed E-state index contributed by atoms with van der Waals surface area (Å²) >= 11 is 0. The number of para-hydroxylation sites is 1. The highest BCUT2D eigenvalue weighted by molar-refractivity contribution is 5.84. The molecule has 1 aliphatic heterocycles. The lowest BCUT2D eigenvalue weighted by molar-refractivity contribution is -0.135. The summed E-state index contributed by atoms with van der Waals surface area (Å²) in [5.41, 5.74) is 0.821. The highest BCUT2D eigenvalue weighted by atomic mass is 16.5. The van der Waals surface area contributed by atoms with Crippen molar-refractivity contribution in [2.75, 3.05) is 19.7 Å². The van der Waals surface area contributed by atoms with E-state index in [1.165, 1.54) is 12.7 Å². The van der Waals surface area contributed by atoms with Crippen molar-refractivity contribution in [2.45, 2.75) is 19.8 Å². The fourth-order valence-electron chi connectivity index (χ4n) is 2.73. The van der Waals surface area contributed by atoms with Gasteiger partial charge >= 0.3 is 0 Å². The summed E-state index contributed by atoms with van der Waals surface area (Å²) < 4.78 is 5.63. The van der Waals surface area contributed by atoms with Crippen molar-refractivity contribution < 1.29 is 9.53 Å². The maximum absolute atomic E-state index is 12.2. The molecule has 1 aromatic heterocycles. The standard InChI is InChI=1S/C16H19N3O2/c1-12-5-4-8-19(9-12)15(20)10-21-16-13-6-2-3-7-14(13)17-11-18-16/h2-3,6-7,11-12H,4-5,8-10H2,1H3/t12-/m1/s1. The molecule has 2 aromatic rings. The first-order valence-electron chi connectivity index (χ1n) is 7.34. The Hall–Kier alpha value is -2.17. The van der Waals surface area contributed by atoms with Crippen LogP contribution in [0.1, 0.15) is 19.8 Å². The first-order valence-corrected chi connectivity index (χ1v) is 7.34. The van der Waals surface area contributed by atoms with Gasteiger partial charge in [-0.2, -0.15) is 0 Å². The normalized spacial score (nSPS) is 18.7. The molecule has 1 atom stereocenters. The zero-order valence-electron chi connectivity index (χ0n) is 12.2. The summed E-state index contributed by atoms with van der Waals surface area (Å²) in [6, 6.07) is 7.63. The van der Waals surface area contributed by atoms with E-state index >= 15 is 0 Å². The van der Waals surface area contributed by atoms with Crippen molar-refractivity contribution in [2.24, 2.45) is 5.92 Å². The third-order valence-corrected chi connectivity index (χ3v) is 3.85. The summed E-state index contributed by atoms with van der Waals surface area (Å²) in [5, 5.41) is 0.833. The van der Waals surface area contributed by atoms with E-state index in [4.69, 9.17) is 4.74 Å². The second-order valence-corrected chi connectivity index (χ2v) is 5.57. The number of hydrogen-bond donors (Lipinski definition) is 0. The highest BCUT2D eigenvalue weighted by Crippen LogP contribution is 2.21. The van der Waals surface area contributed by atoms with Crippen LogP contribution in [0.4, 0.5) is 0 Å². The number of hydrogen-bond acceptors (Lipinski definition) is 4. The van der Waals surface area contributed by atoms with Crippen LogP contribution in [0.3, 0.4) is 0 Å². The molecule has 21 heavy (non-hydrogen) atoms. The summed E-state index contributed by atoms with van der Waals surface area (Å²) in [6.45, 7) is 3.87. The molecule has 1 fully saturated rings. The maximum Gasteiger partial charge on any atom is 0.260 e. The second-order valence-electron chi connectivity index (χ2n) is 5.57. The predicted octanol–water partition coefficient (Wildman–Crippen LogP) is 2.27. The van der Waals surface area contributed by atoms with Crippen LogP contribution in [0, 0.1) is 5.92 Å². The van der Waals surface area contributed by atoms with Crippen molar-refractivity contribution in [1.29, 1.82) is 0 Å². The number of piperidine rings is 1. The Balaban J connectivity index is 1.67. The lowest BCUT2D eigenvalue weighted by Gasteiger charge is -2.30. The Morgan fingerprint density at radius 2 is 2.24 bits per heavy atom. The molecule has 1 aliphatic rings. The Morgan fingerprint density at radius 3 is 3.10 bits per heavy atom. The van der Waals surface area contributed by atoms with Crippen LogP contribution in [0.2, 0.25) is 0 Å². The van der Waals surface area contributed by atoms with Gasteiger partial charge in [0, 0.05) is 13.1 Å². The van der Waals surface area contributed by atoms with Gasteiger partial charge in [0.05, 0.1) is 10.9 Å². The van der Waals surface area contributed by atoms with E-state index < -0.39 is 0 Å². The van der Waals surface area contributed by atoms with E-state index in [1.54, 1.807) is 0 Å². The van der Waals surface area contributed by atoms with Crippen molar-refractivity contribution >= 4 is 16.8 Å². The lowest BCUT2D eigenvalue weighted by atomic mass is 10.0. The van der Waals surface area contributed by atoms with Gasteiger partial charge in [-0.25, -0.2) is 9.97 Å². The average molecular weight is 285 g/mol. The Labute approximate surface area is 124 Å². The molecule has 3 rings (SSSR count). The number of benzene rings is 1. The number of rotatable bonds is 3. The number of aromatic nitrogens is 2. The van der Waals surface area contributed by atoms with Crippen LogP contribution in [-0.2, 0) is 4.79 Å². The zero-order chi connectivity index (χ0) is 14.7. The van der Waals surface area contributed by atoms with Gasteiger partial charge in [0.2, 0.25) is 5.88 Å². The first kappa shape index (κ1) is 13.8. The van der Waals surface area contributed by atoms with Crippen LogP contribution in [0.5, 0.6) is 5.88 Å². The second kappa shape index (κ2) is 6.08. The summed E-state index contributed by atoms with van der Waals surface area (Å²) in [6.07, 6.45) is 3.73. The number of fused-ring (bicyclic) bond motifs is 1. The summed E-state index contributed by atoms with van der Waals surface area (Å²) in [5.74, 6) is 1.07. The van der Waals surface area contributed by atoms with Gasteiger partial charge in [0.25, 0.3) is 5.91 Å². The number of nitrogens with zero attached hydrogens (tertiary/aromatic N) is 3. The predicted molar refractivity (Wildman–Crippen MR) is 80.0 cm³/mol. The summed E-state index contributed by atoms with van der Waals surface area (Å²) in [4.78, 5) is 22.4. The monoisotopic (exact) mass is 285 g/mol. The van der Waals surface area contributed by atoms with E-state index in [0.717, 1.165) is 30.4 Å². The lowest BCUT2D eigenvalue weighted by Crippen LogP contribution is -2.41. The molecule has 1 aromatic carbocycles. The number of amides is 1. The van der Waals surface area contributed by atoms with E-state index in [-0.39, 0.29) is 12.5 Å². The molecule has 0 radical (unpaired) electrons. The van der Waals surface area contributed by atoms with E-state index in [9.17, 15) is 4.79 Å². The van der Waals surface area contributed by atoms with Gasteiger partial charge < -0.3 is 9.64 Å². The molecule has 0 aliphatic carbocycles. The number of carbonyl (C=O) groups excluding carboxylic acids is 1. The topological polar surface area (TPSA) is 55.3 Å². The van der Waals surface area contributed by atoms with E-state index in [0.29, 0.717) is 11.8 Å². The van der Waals surface area contributed by atoms with Crippen molar-refractivity contribution in [3.63, 3.8) is 0 Å². The van der Waals surface area contributed by atoms with Crippen LogP contribution in [0.15, 0.2) is 30.6 Å². The Bertz CT molecular complexity index is 639. The zero-order valence-corrected chi connectivity index (χ0v) is 12.2.